The average molecular weight is 427 g/mol. The van der Waals surface area contributed by atoms with Crippen LogP contribution in [-0.4, -0.2) is 31.7 Å². The molecule has 1 saturated heterocycles. The molecule has 1 aromatic heterocycles. The number of nitrogens with one attached hydrogen (secondary N) is 1. The van der Waals surface area contributed by atoms with E-state index in [4.69, 9.17) is 0 Å². The molecule has 2 heterocycles. The number of anilines is 2. The molecular formula is C22H23FN4O2S. The van der Waals surface area contributed by atoms with Crippen LogP contribution in [0.25, 0.3) is 11.3 Å². The molecule has 4 rings (SSSR count). The molecule has 0 radical (unpaired) electrons. The molecule has 1 aliphatic rings. The van der Waals surface area contributed by atoms with Crippen molar-refractivity contribution in [2.45, 2.75) is 30.6 Å². The molecule has 1 fully saturated rings. The first-order chi connectivity index (χ1) is 14.5. The molecule has 30 heavy (non-hydrogen) atoms. The summed E-state index contributed by atoms with van der Waals surface area (Å²) < 4.78 is 40.6. The lowest BCUT2D eigenvalue weighted by atomic mass is 10.1. The third kappa shape index (κ3) is 4.76. The van der Waals surface area contributed by atoms with Gasteiger partial charge in [-0.3, -0.25) is 4.72 Å². The predicted octanol–water partition coefficient (Wildman–Crippen LogP) is 4.46. The van der Waals surface area contributed by atoms with Gasteiger partial charge in [-0.25, -0.2) is 12.8 Å². The van der Waals surface area contributed by atoms with Crippen molar-refractivity contribution in [2.24, 2.45) is 0 Å². The molecule has 0 amide bonds. The van der Waals surface area contributed by atoms with Gasteiger partial charge in [0.25, 0.3) is 10.0 Å². The van der Waals surface area contributed by atoms with Crippen LogP contribution in [0, 0.1) is 5.82 Å². The van der Waals surface area contributed by atoms with E-state index in [-0.39, 0.29) is 4.90 Å². The Hall–Kier alpha value is -3.00. The van der Waals surface area contributed by atoms with Crippen molar-refractivity contribution < 1.29 is 12.8 Å². The summed E-state index contributed by atoms with van der Waals surface area (Å²) in [5.41, 5.74) is 1.93. The Kier molecular flexibility index (Phi) is 5.94. The summed E-state index contributed by atoms with van der Waals surface area (Å²) in [6.45, 7) is 2.02. The predicted molar refractivity (Wildman–Crippen MR) is 115 cm³/mol. The van der Waals surface area contributed by atoms with Crippen molar-refractivity contribution in [2.75, 3.05) is 22.7 Å². The van der Waals surface area contributed by atoms with Crippen LogP contribution < -0.4 is 9.62 Å². The van der Waals surface area contributed by atoms with Gasteiger partial charge in [-0.05, 0) is 55.3 Å². The Morgan fingerprint density at radius 3 is 2.23 bits per heavy atom. The van der Waals surface area contributed by atoms with Gasteiger partial charge in [-0.15, -0.1) is 10.2 Å². The summed E-state index contributed by atoms with van der Waals surface area (Å²) in [4.78, 5) is 2.15. The van der Waals surface area contributed by atoms with Gasteiger partial charge in [-0.2, -0.15) is 0 Å². The number of aromatic nitrogens is 2. The molecule has 0 spiro atoms. The maximum Gasteiger partial charge on any atom is 0.261 e. The SMILES string of the molecule is O=S(=O)(Nc1ccc(-c2ccc(N3CCCCCC3)nn2)cc1)c1cccc(F)c1. The number of sulfonamides is 1. The van der Waals surface area contributed by atoms with Crippen LogP contribution in [0.1, 0.15) is 25.7 Å². The Bertz CT molecular complexity index is 1090. The van der Waals surface area contributed by atoms with Gasteiger partial charge in [-0.1, -0.05) is 31.0 Å². The molecule has 3 aromatic rings. The van der Waals surface area contributed by atoms with Crippen molar-refractivity contribution in [3.05, 3.63) is 66.5 Å². The van der Waals surface area contributed by atoms with E-state index in [1.807, 2.05) is 12.1 Å². The van der Waals surface area contributed by atoms with Crippen molar-refractivity contribution in [3.8, 4) is 11.3 Å². The zero-order chi connectivity index (χ0) is 21.0. The molecule has 0 bridgehead atoms. The normalized spacial score (nSPS) is 14.9. The second kappa shape index (κ2) is 8.79. The zero-order valence-electron chi connectivity index (χ0n) is 16.5. The van der Waals surface area contributed by atoms with E-state index in [0.717, 1.165) is 30.5 Å². The van der Waals surface area contributed by atoms with Crippen LogP contribution in [-0.2, 0) is 10.0 Å². The van der Waals surface area contributed by atoms with Gasteiger partial charge in [0.05, 0.1) is 10.6 Å². The van der Waals surface area contributed by atoms with Gasteiger partial charge in [0.15, 0.2) is 5.82 Å². The first kappa shape index (κ1) is 20.3. The lowest BCUT2D eigenvalue weighted by Crippen LogP contribution is -2.25. The van der Waals surface area contributed by atoms with Crippen molar-refractivity contribution in [1.82, 2.24) is 10.2 Å². The summed E-state index contributed by atoms with van der Waals surface area (Å²) >= 11 is 0. The highest BCUT2D eigenvalue weighted by Gasteiger charge is 2.15. The Balaban J connectivity index is 1.47. The van der Waals surface area contributed by atoms with Gasteiger partial charge < -0.3 is 4.90 Å². The fourth-order valence-corrected chi connectivity index (χ4v) is 4.59. The summed E-state index contributed by atoms with van der Waals surface area (Å²) in [5.74, 6) is 0.288. The van der Waals surface area contributed by atoms with Gasteiger partial charge in [0.2, 0.25) is 0 Å². The number of benzene rings is 2. The third-order valence-electron chi connectivity index (χ3n) is 5.12. The summed E-state index contributed by atoms with van der Waals surface area (Å²) in [5, 5.41) is 8.72. The minimum atomic E-state index is -3.86. The molecule has 0 atom stereocenters. The van der Waals surface area contributed by atoms with E-state index in [1.165, 1.54) is 43.9 Å². The van der Waals surface area contributed by atoms with E-state index in [2.05, 4.69) is 19.8 Å². The molecule has 0 unspecified atom stereocenters. The number of halogens is 1. The summed E-state index contributed by atoms with van der Waals surface area (Å²) in [6.07, 6.45) is 4.88. The largest absolute Gasteiger partial charge is 0.355 e. The number of rotatable bonds is 5. The smallest absolute Gasteiger partial charge is 0.261 e. The molecule has 6 nitrogen and oxygen atoms in total. The fraction of sp³-hybridized carbons (Fsp3) is 0.273. The van der Waals surface area contributed by atoms with E-state index in [0.29, 0.717) is 11.4 Å². The first-order valence-corrected chi connectivity index (χ1v) is 11.5. The fourth-order valence-electron chi connectivity index (χ4n) is 3.50. The van der Waals surface area contributed by atoms with Gasteiger partial charge in [0, 0.05) is 24.3 Å². The summed E-state index contributed by atoms with van der Waals surface area (Å²) in [7, 11) is -3.86. The standard InChI is InChI=1S/C22H23FN4O2S/c23-18-6-5-7-20(16-18)30(28,29)26-19-10-8-17(9-11-19)21-12-13-22(25-24-21)27-14-3-1-2-4-15-27/h5-13,16,26H,1-4,14-15H2. The Labute approximate surface area is 175 Å². The van der Waals surface area contributed by atoms with Gasteiger partial charge in [0.1, 0.15) is 5.82 Å². The molecule has 2 aromatic carbocycles. The molecular weight excluding hydrogens is 403 g/mol. The molecule has 0 aliphatic carbocycles. The quantitative estimate of drug-likeness (QED) is 0.652. The lowest BCUT2D eigenvalue weighted by molar-refractivity contribution is 0.595. The maximum absolute atomic E-state index is 13.3. The second-order valence-corrected chi connectivity index (χ2v) is 9.00. The van der Waals surface area contributed by atoms with Crippen LogP contribution in [0.5, 0.6) is 0 Å². The zero-order valence-corrected chi connectivity index (χ0v) is 17.3. The number of hydrogen-bond donors (Lipinski definition) is 1. The Morgan fingerprint density at radius 2 is 1.60 bits per heavy atom. The van der Waals surface area contributed by atoms with E-state index in [9.17, 15) is 12.8 Å². The van der Waals surface area contributed by atoms with Crippen molar-refractivity contribution in [1.29, 1.82) is 0 Å². The van der Waals surface area contributed by atoms with Crippen LogP contribution in [0.4, 0.5) is 15.9 Å². The monoisotopic (exact) mass is 426 g/mol. The van der Waals surface area contributed by atoms with E-state index in [1.54, 1.807) is 24.3 Å². The number of nitrogens with zero attached hydrogens (tertiary/aromatic N) is 3. The minimum absolute atomic E-state index is 0.124. The van der Waals surface area contributed by atoms with Crippen LogP contribution >= 0.6 is 0 Å². The maximum atomic E-state index is 13.3. The highest BCUT2D eigenvalue weighted by Crippen LogP contribution is 2.23. The van der Waals surface area contributed by atoms with Crippen LogP contribution in [0.3, 0.4) is 0 Å². The van der Waals surface area contributed by atoms with Crippen LogP contribution in [0.2, 0.25) is 0 Å². The van der Waals surface area contributed by atoms with Crippen molar-refractivity contribution >= 4 is 21.5 Å². The van der Waals surface area contributed by atoms with E-state index >= 15 is 0 Å². The second-order valence-electron chi connectivity index (χ2n) is 7.32. The minimum Gasteiger partial charge on any atom is -0.355 e. The topological polar surface area (TPSA) is 75.2 Å². The average Bonchev–Trinajstić information content (AvgIpc) is 3.04. The third-order valence-corrected chi connectivity index (χ3v) is 6.50. The molecule has 1 N–H and O–H groups in total. The van der Waals surface area contributed by atoms with E-state index < -0.39 is 15.8 Å². The molecule has 0 saturated carbocycles. The first-order valence-electron chi connectivity index (χ1n) is 9.99. The van der Waals surface area contributed by atoms with Crippen LogP contribution in [0.15, 0.2) is 65.6 Å². The Morgan fingerprint density at radius 1 is 0.867 bits per heavy atom. The van der Waals surface area contributed by atoms with Gasteiger partial charge >= 0.3 is 0 Å². The highest BCUT2D eigenvalue weighted by molar-refractivity contribution is 7.92. The van der Waals surface area contributed by atoms with Crippen molar-refractivity contribution in [3.63, 3.8) is 0 Å². The summed E-state index contributed by atoms with van der Waals surface area (Å²) in [6, 6.07) is 15.7. The molecule has 1 aliphatic heterocycles. The highest BCUT2D eigenvalue weighted by atomic mass is 32.2. The molecule has 8 heteroatoms. The lowest BCUT2D eigenvalue weighted by Gasteiger charge is -2.20. The molecule has 156 valence electrons. The number of hydrogen-bond acceptors (Lipinski definition) is 5.